The zero-order valence-corrected chi connectivity index (χ0v) is 10.8. The number of halogens is 2. The molecule has 0 unspecified atom stereocenters. The van der Waals surface area contributed by atoms with E-state index in [2.05, 4.69) is 0 Å². The number of carbonyl (C=O) groups excluding carboxylic acids is 1. The van der Waals surface area contributed by atoms with Crippen molar-refractivity contribution in [2.45, 2.75) is 13.5 Å². The Bertz CT molecular complexity index is 656. The topological polar surface area (TPSA) is 52.3 Å². The molecule has 0 aromatic heterocycles. The van der Waals surface area contributed by atoms with Gasteiger partial charge < -0.3 is 10.5 Å². The van der Waals surface area contributed by atoms with Gasteiger partial charge >= 0.3 is 0 Å². The minimum atomic E-state index is -0.659. The third kappa shape index (κ3) is 2.93. The molecule has 2 aromatic carbocycles. The maximum Gasteiger partial charge on any atom is 0.248 e. The smallest absolute Gasteiger partial charge is 0.248 e. The SMILES string of the molecule is Cc1cccc(OCc2cc(C(N)=O)ccc2F)c1F. The minimum Gasteiger partial charge on any atom is -0.486 e. The fraction of sp³-hybridized carbons (Fsp3) is 0.133. The van der Waals surface area contributed by atoms with Crippen LogP contribution in [0.3, 0.4) is 0 Å². The second-order valence-corrected chi connectivity index (χ2v) is 4.35. The van der Waals surface area contributed by atoms with Crippen LogP contribution in [-0.2, 0) is 6.61 Å². The van der Waals surface area contributed by atoms with Gasteiger partial charge in [0.15, 0.2) is 11.6 Å². The fourth-order valence-corrected chi connectivity index (χ4v) is 1.73. The van der Waals surface area contributed by atoms with Gasteiger partial charge in [0.25, 0.3) is 0 Å². The first kappa shape index (κ1) is 14.0. The van der Waals surface area contributed by atoms with Crippen molar-refractivity contribution < 1.29 is 18.3 Å². The lowest BCUT2D eigenvalue weighted by Crippen LogP contribution is -2.12. The van der Waals surface area contributed by atoms with Crippen molar-refractivity contribution in [2.24, 2.45) is 5.73 Å². The van der Waals surface area contributed by atoms with E-state index in [1.54, 1.807) is 19.1 Å². The van der Waals surface area contributed by atoms with Crippen LogP contribution in [0.5, 0.6) is 5.75 Å². The molecule has 0 atom stereocenters. The van der Waals surface area contributed by atoms with E-state index in [0.717, 1.165) is 6.07 Å². The van der Waals surface area contributed by atoms with Gasteiger partial charge in [-0.3, -0.25) is 4.79 Å². The summed E-state index contributed by atoms with van der Waals surface area (Å²) in [6, 6.07) is 8.42. The fourth-order valence-electron chi connectivity index (χ4n) is 1.73. The number of primary amides is 1. The quantitative estimate of drug-likeness (QED) is 0.934. The number of aryl methyl sites for hydroxylation is 1. The van der Waals surface area contributed by atoms with Crippen LogP contribution >= 0.6 is 0 Å². The van der Waals surface area contributed by atoms with E-state index in [4.69, 9.17) is 10.5 Å². The van der Waals surface area contributed by atoms with Crippen molar-refractivity contribution in [1.29, 1.82) is 0 Å². The van der Waals surface area contributed by atoms with Crippen molar-refractivity contribution in [1.82, 2.24) is 0 Å². The number of rotatable bonds is 4. The van der Waals surface area contributed by atoms with Crippen LogP contribution in [0, 0.1) is 18.6 Å². The van der Waals surface area contributed by atoms with Gasteiger partial charge in [-0.05, 0) is 36.8 Å². The second-order valence-electron chi connectivity index (χ2n) is 4.35. The van der Waals surface area contributed by atoms with E-state index >= 15 is 0 Å². The standard InChI is InChI=1S/C15H13F2NO2/c1-9-3-2-4-13(14(9)17)20-8-11-7-10(15(18)19)5-6-12(11)16/h2-7H,8H2,1H3,(H2,18,19). The van der Waals surface area contributed by atoms with Gasteiger partial charge in [0.2, 0.25) is 5.91 Å². The van der Waals surface area contributed by atoms with Crippen molar-refractivity contribution in [3.63, 3.8) is 0 Å². The summed E-state index contributed by atoms with van der Waals surface area (Å²) in [5.74, 6) is -1.65. The molecule has 3 nitrogen and oxygen atoms in total. The average Bonchev–Trinajstić information content (AvgIpc) is 2.41. The number of ether oxygens (including phenoxy) is 1. The lowest BCUT2D eigenvalue weighted by Gasteiger charge is -2.10. The van der Waals surface area contributed by atoms with Crippen LogP contribution in [0.4, 0.5) is 8.78 Å². The molecule has 2 N–H and O–H groups in total. The van der Waals surface area contributed by atoms with E-state index < -0.39 is 17.5 Å². The largest absolute Gasteiger partial charge is 0.486 e. The highest BCUT2D eigenvalue weighted by Gasteiger charge is 2.10. The number of hydrogen-bond donors (Lipinski definition) is 1. The summed E-state index contributed by atoms with van der Waals surface area (Å²) >= 11 is 0. The number of benzene rings is 2. The first-order valence-corrected chi connectivity index (χ1v) is 5.95. The highest BCUT2D eigenvalue weighted by atomic mass is 19.1. The highest BCUT2D eigenvalue weighted by Crippen LogP contribution is 2.21. The Morgan fingerprint density at radius 2 is 2.00 bits per heavy atom. The molecule has 1 amide bonds. The Morgan fingerprint density at radius 3 is 2.70 bits per heavy atom. The van der Waals surface area contributed by atoms with E-state index in [9.17, 15) is 13.6 Å². The molecule has 0 fully saturated rings. The summed E-state index contributed by atoms with van der Waals surface area (Å²) in [4.78, 5) is 11.0. The summed E-state index contributed by atoms with van der Waals surface area (Å²) in [6.45, 7) is 1.42. The molecule has 0 aliphatic rings. The van der Waals surface area contributed by atoms with Gasteiger partial charge in [-0.1, -0.05) is 12.1 Å². The monoisotopic (exact) mass is 277 g/mol. The molecule has 0 aliphatic carbocycles. The molecule has 5 heteroatoms. The number of carbonyl (C=O) groups is 1. The molecular formula is C15H13F2NO2. The molecule has 0 aliphatic heterocycles. The highest BCUT2D eigenvalue weighted by molar-refractivity contribution is 5.92. The normalized spacial score (nSPS) is 10.3. The Balaban J connectivity index is 2.20. The van der Waals surface area contributed by atoms with Crippen LogP contribution in [0.2, 0.25) is 0 Å². The van der Waals surface area contributed by atoms with E-state index in [1.165, 1.54) is 18.2 Å². The lowest BCUT2D eigenvalue weighted by molar-refractivity contribution is 0.1000. The minimum absolute atomic E-state index is 0.0360. The molecule has 2 aromatic rings. The van der Waals surface area contributed by atoms with Gasteiger partial charge in [0.1, 0.15) is 12.4 Å². The number of nitrogens with two attached hydrogens (primary N) is 1. The second kappa shape index (κ2) is 5.69. The van der Waals surface area contributed by atoms with Crippen LogP contribution in [0.25, 0.3) is 0 Å². The predicted octanol–water partition coefficient (Wildman–Crippen LogP) is 2.95. The maximum atomic E-state index is 13.7. The molecule has 0 heterocycles. The summed E-state index contributed by atoms with van der Waals surface area (Å²) in [7, 11) is 0. The lowest BCUT2D eigenvalue weighted by atomic mass is 10.1. The number of amides is 1. The molecule has 0 radical (unpaired) electrons. The summed E-state index contributed by atoms with van der Waals surface area (Å²) in [5, 5.41) is 0. The van der Waals surface area contributed by atoms with Crippen LogP contribution < -0.4 is 10.5 Å². The zero-order chi connectivity index (χ0) is 14.7. The molecule has 20 heavy (non-hydrogen) atoms. The Labute approximate surface area is 115 Å². The van der Waals surface area contributed by atoms with Gasteiger partial charge in [0.05, 0.1) is 0 Å². The van der Waals surface area contributed by atoms with E-state index in [-0.39, 0.29) is 23.5 Å². The molecule has 104 valence electrons. The molecule has 0 saturated heterocycles. The zero-order valence-electron chi connectivity index (χ0n) is 10.8. The van der Waals surface area contributed by atoms with Gasteiger partial charge in [-0.15, -0.1) is 0 Å². The summed E-state index contributed by atoms with van der Waals surface area (Å²) in [6.07, 6.45) is 0. The third-order valence-electron chi connectivity index (χ3n) is 2.87. The maximum absolute atomic E-state index is 13.7. The third-order valence-corrected chi connectivity index (χ3v) is 2.87. The molecule has 0 bridgehead atoms. The molecule has 0 spiro atoms. The molecule has 2 rings (SSSR count). The molecular weight excluding hydrogens is 264 g/mol. The molecule has 0 saturated carbocycles. The van der Waals surface area contributed by atoms with E-state index in [1.807, 2.05) is 0 Å². The van der Waals surface area contributed by atoms with Gasteiger partial charge in [-0.25, -0.2) is 8.78 Å². The Hall–Kier alpha value is -2.43. The van der Waals surface area contributed by atoms with Crippen LogP contribution in [-0.4, -0.2) is 5.91 Å². The van der Waals surface area contributed by atoms with E-state index in [0.29, 0.717) is 5.56 Å². The van der Waals surface area contributed by atoms with Crippen LogP contribution in [0.1, 0.15) is 21.5 Å². The first-order valence-electron chi connectivity index (χ1n) is 5.95. The van der Waals surface area contributed by atoms with Gasteiger partial charge in [-0.2, -0.15) is 0 Å². The Morgan fingerprint density at radius 1 is 1.25 bits per heavy atom. The Kier molecular flexibility index (Phi) is 3.98. The van der Waals surface area contributed by atoms with Gasteiger partial charge in [0, 0.05) is 11.1 Å². The summed E-state index contributed by atoms with van der Waals surface area (Å²) in [5.41, 5.74) is 5.88. The van der Waals surface area contributed by atoms with Crippen LogP contribution in [0.15, 0.2) is 36.4 Å². The number of hydrogen-bond acceptors (Lipinski definition) is 2. The van der Waals surface area contributed by atoms with Crippen molar-refractivity contribution >= 4 is 5.91 Å². The predicted molar refractivity (Wildman–Crippen MR) is 70.4 cm³/mol. The van der Waals surface area contributed by atoms with Crippen molar-refractivity contribution in [3.05, 3.63) is 64.7 Å². The first-order chi connectivity index (χ1) is 9.49. The summed E-state index contributed by atoms with van der Waals surface area (Å²) < 4.78 is 32.6. The van der Waals surface area contributed by atoms with Crippen molar-refractivity contribution in [2.75, 3.05) is 0 Å². The average molecular weight is 277 g/mol. The van der Waals surface area contributed by atoms with Crippen molar-refractivity contribution in [3.8, 4) is 5.75 Å².